The molecule has 10 nitrogen and oxygen atoms in total. The molecular formula is C22H36O10. The van der Waals surface area contributed by atoms with E-state index in [1.807, 2.05) is 0 Å². The second kappa shape index (κ2) is 14.8. The van der Waals surface area contributed by atoms with E-state index in [9.17, 15) is 24.3 Å². The number of hydrogen-bond acceptors (Lipinski definition) is 10. The standard InChI is InChI=1S/C22H36O10/c1-5-9-15(24)29-19-14(13-23)28-22(32-18(27)12-8-4)21(31-17(26)11-7-3)20(19)30-16(25)10-6-2/h14,19-23H,5-13H2,1-4H3/t14-,19-,20+,21-,22?/m1/s1. The number of carbonyl (C=O) groups is 4. The van der Waals surface area contributed by atoms with Gasteiger partial charge in [-0.2, -0.15) is 0 Å². The Kier molecular flexibility index (Phi) is 12.9. The highest BCUT2D eigenvalue weighted by Gasteiger charge is 2.53. The van der Waals surface area contributed by atoms with Crippen LogP contribution in [0.5, 0.6) is 0 Å². The zero-order valence-electron chi connectivity index (χ0n) is 19.4. The average Bonchev–Trinajstić information content (AvgIpc) is 2.72. The summed E-state index contributed by atoms with van der Waals surface area (Å²) in [4.78, 5) is 49.0. The van der Waals surface area contributed by atoms with Crippen molar-refractivity contribution in [2.45, 2.75) is 110 Å². The van der Waals surface area contributed by atoms with Gasteiger partial charge in [0.1, 0.15) is 6.10 Å². The van der Waals surface area contributed by atoms with E-state index in [4.69, 9.17) is 23.7 Å². The van der Waals surface area contributed by atoms with Gasteiger partial charge in [0.2, 0.25) is 12.4 Å². The van der Waals surface area contributed by atoms with Gasteiger partial charge in [0.05, 0.1) is 6.61 Å². The fourth-order valence-electron chi connectivity index (χ4n) is 3.16. The van der Waals surface area contributed by atoms with E-state index in [2.05, 4.69) is 0 Å². The second-order valence-corrected chi connectivity index (χ2v) is 7.58. The molecule has 0 saturated carbocycles. The monoisotopic (exact) mass is 460 g/mol. The number of esters is 4. The summed E-state index contributed by atoms with van der Waals surface area (Å²) in [5.41, 5.74) is 0. The van der Waals surface area contributed by atoms with Crippen molar-refractivity contribution in [3.05, 3.63) is 0 Å². The van der Waals surface area contributed by atoms with Crippen LogP contribution in [0.4, 0.5) is 0 Å². The van der Waals surface area contributed by atoms with Gasteiger partial charge in [0.15, 0.2) is 12.2 Å². The number of aliphatic hydroxyl groups excluding tert-OH is 1. The molecule has 0 aromatic rings. The van der Waals surface area contributed by atoms with Gasteiger partial charge in [-0.3, -0.25) is 19.2 Å². The molecule has 5 atom stereocenters. The molecule has 1 saturated heterocycles. The lowest BCUT2D eigenvalue weighted by molar-refractivity contribution is -0.301. The van der Waals surface area contributed by atoms with Crippen molar-refractivity contribution in [1.29, 1.82) is 0 Å². The van der Waals surface area contributed by atoms with Gasteiger partial charge >= 0.3 is 23.9 Å². The third kappa shape index (κ3) is 8.74. The molecule has 1 fully saturated rings. The molecule has 0 aliphatic carbocycles. The Labute approximate surface area is 188 Å². The van der Waals surface area contributed by atoms with E-state index in [-0.39, 0.29) is 25.7 Å². The van der Waals surface area contributed by atoms with Gasteiger partial charge in [-0.1, -0.05) is 27.7 Å². The minimum atomic E-state index is -1.44. The average molecular weight is 461 g/mol. The summed E-state index contributed by atoms with van der Waals surface area (Å²) in [6, 6.07) is 0. The zero-order valence-corrected chi connectivity index (χ0v) is 19.4. The second-order valence-electron chi connectivity index (χ2n) is 7.58. The van der Waals surface area contributed by atoms with Crippen LogP contribution in [-0.4, -0.2) is 66.3 Å². The van der Waals surface area contributed by atoms with Gasteiger partial charge in [-0.05, 0) is 25.7 Å². The van der Waals surface area contributed by atoms with E-state index in [1.165, 1.54) is 0 Å². The summed E-state index contributed by atoms with van der Waals surface area (Å²) in [6.07, 6.45) is -4.15. The number of carbonyl (C=O) groups excluding carboxylic acids is 4. The fraction of sp³-hybridized carbons (Fsp3) is 0.818. The molecule has 32 heavy (non-hydrogen) atoms. The van der Waals surface area contributed by atoms with Gasteiger partial charge < -0.3 is 28.8 Å². The Hall–Kier alpha value is -2.20. The molecule has 1 aliphatic rings. The zero-order chi connectivity index (χ0) is 24.1. The fourth-order valence-corrected chi connectivity index (χ4v) is 3.16. The molecule has 0 spiro atoms. The molecule has 0 amide bonds. The van der Waals surface area contributed by atoms with E-state index in [0.29, 0.717) is 25.7 Å². The van der Waals surface area contributed by atoms with Crippen LogP contribution >= 0.6 is 0 Å². The summed E-state index contributed by atoms with van der Waals surface area (Å²) >= 11 is 0. The SMILES string of the molecule is CCCC(=O)OC1O[C@H](CO)[C@@H](OC(=O)CCC)[C@H](OC(=O)CCC)[C@H]1OC(=O)CCC. The lowest BCUT2D eigenvalue weighted by Gasteiger charge is -2.43. The maximum Gasteiger partial charge on any atom is 0.308 e. The highest BCUT2D eigenvalue weighted by atomic mass is 16.7. The first kappa shape index (κ1) is 27.8. The Morgan fingerprint density at radius 2 is 1.00 bits per heavy atom. The van der Waals surface area contributed by atoms with Crippen LogP contribution in [-0.2, 0) is 42.9 Å². The van der Waals surface area contributed by atoms with Crippen LogP contribution in [0, 0.1) is 0 Å². The molecule has 0 aromatic heterocycles. The largest absolute Gasteiger partial charge is 0.455 e. The van der Waals surface area contributed by atoms with Crippen LogP contribution in [0.25, 0.3) is 0 Å². The number of aliphatic hydroxyl groups is 1. The van der Waals surface area contributed by atoms with Crippen molar-refractivity contribution < 1.29 is 48.0 Å². The predicted molar refractivity (Wildman–Crippen MR) is 111 cm³/mol. The van der Waals surface area contributed by atoms with Crippen molar-refractivity contribution in [3.8, 4) is 0 Å². The quantitative estimate of drug-likeness (QED) is 0.322. The Morgan fingerprint density at radius 3 is 1.41 bits per heavy atom. The molecule has 0 radical (unpaired) electrons. The van der Waals surface area contributed by atoms with Gasteiger partial charge in [-0.15, -0.1) is 0 Å². The van der Waals surface area contributed by atoms with Crippen molar-refractivity contribution in [2.75, 3.05) is 6.61 Å². The lowest BCUT2D eigenvalue weighted by atomic mass is 9.98. The normalized spacial score (nSPS) is 25.0. The summed E-state index contributed by atoms with van der Waals surface area (Å²) in [7, 11) is 0. The van der Waals surface area contributed by atoms with Crippen LogP contribution in [0.2, 0.25) is 0 Å². The molecule has 1 heterocycles. The molecule has 0 bridgehead atoms. The van der Waals surface area contributed by atoms with E-state index >= 15 is 0 Å². The maximum absolute atomic E-state index is 12.3. The highest BCUT2D eigenvalue weighted by Crippen LogP contribution is 2.30. The smallest absolute Gasteiger partial charge is 0.308 e. The van der Waals surface area contributed by atoms with Crippen LogP contribution < -0.4 is 0 Å². The third-order valence-corrected chi connectivity index (χ3v) is 4.64. The highest BCUT2D eigenvalue weighted by molar-refractivity contribution is 5.72. The number of ether oxygens (including phenoxy) is 5. The molecular weight excluding hydrogens is 424 g/mol. The molecule has 1 rings (SSSR count). The minimum absolute atomic E-state index is 0.0749. The molecule has 184 valence electrons. The number of hydrogen-bond donors (Lipinski definition) is 1. The van der Waals surface area contributed by atoms with Crippen LogP contribution in [0.15, 0.2) is 0 Å². The van der Waals surface area contributed by atoms with E-state index < -0.39 is 61.2 Å². The van der Waals surface area contributed by atoms with E-state index in [0.717, 1.165) is 0 Å². The van der Waals surface area contributed by atoms with Gasteiger partial charge in [0, 0.05) is 25.7 Å². The first-order valence-corrected chi connectivity index (χ1v) is 11.3. The molecule has 10 heteroatoms. The topological polar surface area (TPSA) is 135 Å². The van der Waals surface area contributed by atoms with Crippen molar-refractivity contribution >= 4 is 23.9 Å². The van der Waals surface area contributed by atoms with E-state index in [1.54, 1.807) is 27.7 Å². The summed E-state index contributed by atoms with van der Waals surface area (Å²) in [6.45, 7) is 6.54. The Bertz CT molecular complexity index is 620. The lowest BCUT2D eigenvalue weighted by Crippen LogP contribution is -2.63. The molecule has 0 aromatic carbocycles. The van der Waals surface area contributed by atoms with Gasteiger partial charge in [-0.25, -0.2) is 0 Å². The third-order valence-electron chi connectivity index (χ3n) is 4.64. The summed E-state index contributed by atoms with van der Waals surface area (Å²) < 4.78 is 27.5. The molecule has 1 aliphatic heterocycles. The summed E-state index contributed by atoms with van der Waals surface area (Å²) in [5.74, 6) is -2.42. The maximum atomic E-state index is 12.3. The Morgan fingerprint density at radius 1 is 0.625 bits per heavy atom. The van der Waals surface area contributed by atoms with Crippen molar-refractivity contribution in [1.82, 2.24) is 0 Å². The van der Waals surface area contributed by atoms with Crippen LogP contribution in [0.1, 0.15) is 79.1 Å². The molecule has 1 N–H and O–H groups in total. The first-order valence-electron chi connectivity index (χ1n) is 11.3. The first-order chi connectivity index (χ1) is 15.3. The predicted octanol–water partition coefficient (Wildman–Crippen LogP) is 2.18. The van der Waals surface area contributed by atoms with Crippen molar-refractivity contribution in [2.24, 2.45) is 0 Å². The number of rotatable bonds is 13. The molecule has 1 unspecified atom stereocenters. The Balaban J connectivity index is 3.32. The van der Waals surface area contributed by atoms with Crippen molar-refractivity contribution in [3.63, 3.8) is 0 Å². The van der Waals surface area contributed by atoms with Crippen LogP contribution in [0.3, 0.4) is 0 Å². The van der Waals surface area contributed by atoms with Gasteiger partial charge in [0.25, 0.3) is 0 Å². The minimum Gasteiger partial charge on any atom is -0.455 e. The summed E-state index contributed by atoms with van der Waals surface area (Å²) in [5, 5.41) is 9.86.